The number of carboxylic acid groups (broad SMARTS) is 1. The standard InChI is InChI=1S/C19H21N3O7S/c1-22(30(26,27)17-10-15(28-2)8-9-16(17)29-3)12-18(23)21-20-11-13-4-6-14(7-5-13)19(24)25/h4-11H,12H2,1-3H3,(H,21,23)(H,24,25)/b20-11+. The first-order valence-corrected chi connectivity index (χ1v) is 9.96. The van der Waals surface area contributed by atoms with E-state index in [0.29, 0.717) is 11.3 Å². The first-order valence-electron chi connectivity index (χ1n) is 8.52. The molecule has 0 atom stereocenters. The van der Waals surface area contributed by atoms with Gasteiger partial charge in [-0.1, -0.05) is 12.1 Å². The van der Waals surface area contributed by atoms with Crippen molar-refractivity contribution in [2.45, 2.75) is 4.90 Å². The van der Waals surface area contributed by atoms with Gasteiger partial charge in [0.25, 0.3) is 5.91 Å². The zero-order valence-corrected chi connectivity index (χ0v) is 17.3. The van der Waals surface area contributed by atoms with E-state index in [1.807, 2.05) is 0 Å². The first kappa shape index (κ1) is 22.8. The topological polar surface area (TPSA) is 135 Å². The highest BCUT2D eigenvalue weighted by Gasteiger charge is 2.27. The summed E-state index contributed by atoms with van der Waals surface area (Å²) in [6, 6.07) is 10.2. The lowest BCUT2D eigenvalue weighted by atomic mass is 10.1. The molecule has 0 spiro atoms. The molecule has 2 N–H and O–H groups in total. The van der Waals surface area contributed by atoms with Crippen LogP contribution in [0.15, 0.2) is 52.5 Å². The molecular weight excluding hydrogens is 414 g/mol. The van der Waals surface area contributed by atoms with Gasteiger partial charge in [0.1, 0.15) is 16.4 Å². The molecule has 0 bridgehead atoms. The minimum absolute atomic E-state index is 0.117. The predicted molar refractivity (Wildman–Crippen MR) is 108 cm³/mol. The Bertz CT molecular complexity index is 1050. The lowest BCUT2D eigenvalue weighted by molar-refractivity contribution is -0.121. The van der Waals surface area contributed by atoms with Gasteiger partial charge in [0.15, 0.2) is 0 Å². The van der Waals surface area contributed by atoms with Crippen molar-refractivity contribution in [2.75, 3.05) is 27.8 Å². The smallest absolute Gasteiger partial charge is 0.335 e. The van der Waals surface area contributed by atoms with Crippen LogP contribution >= 0.6 is 0 Å². The number of hydrogen-bond acceptors (Lipinski definition) is 7. The number of amides is 1. The number of ether oxygens (including phenoxy) is 2. The number of nitrogens with one attached hydrogen (secondary N) is 1. The summed E-state index contributed by atoms with van der Waals surface area (Å²) in [6.07, 6.45) is 1.31. The SMILES string of the molecule is COc1ccc(OC)c(S(=O)(=O)N(C)CC(=O)N/N=C/c2ccc(C(=O)O)cc2)c1. The average Bonchev–Trinajstić information content (AvgIpc) is 2.73. The molecule has 2 aromatic carbocycles. The number of carboxylic acids is 1. The molecule has 0 saturated heterocycles. The second-order valence-corrected chi connectivity index (χ2v) is 8.01. The Morgan fingerprint density at radius 2 is 1.80 bits per heavy atom. The van der Waals surface area contributed by atoms with E-state index >= 15 is 0 Å². The Labute approximate surface area is 173 Å². The van der Waals surface area contributed by atoms with E-state index in [1.165, 1.54) is 63.9 Å². The van der Waals surface area contributed by atoms with Crippen LogP contribution in [0.2, 0.25) is 0 Å². The van der Waals surface area contributed by atoms with Crippen LogP contribution in [0.25, 0.3) is 0 Å². The summed E-state index contributed by atoms with van der Waals surface area (Å²) in [7, 11) is -0.0435. The second-order valence-electron chi connectivity index (χ2n) is 6.00. The number of sulfonamides is 1. The average molecular weight is 435 g/mol. The third-order valence-corrected chi connectivity index (χ3v) is 5.81. The lowest BCUT2D eigenvalue weighted by Crippen LogP contribution is -2.36. The Kier molecular flexibility index (Phi) is 7.50. The highest BCUT2D eigenvalue weighted by atomic mass is 32.2. The van der Waals surface area contributed by atoms with Gasteiger partial charge in [-0.2, -0.15) is 9.41 Å². The number of hydrogen-bond donors (Lipinski definition) is 2. The van der Waals surface area contributed by atoms with Gasteiger partial charge in [0, 0.05) is 13.1 Å². The molecular formula is C19H21N3O7S. The number of rotatable bonds is 9. The Balaban J connectivity index is 2.05. The van der Waals surface area contributed by atoms with Crippen molar-refractivity contribution in [3.8, 4) is 11.5 Å². The summed E-state index contributed by atoms with van der Waals surface area (Å²) in [5, 5.41) is 12.6. The molecule has 0 unspecified atom stereocenters. The third-order valence-electron chi connectivity index (χ3n) is 3.99. The number of aromatic carboxylic acids is 1. The van der Waals surface area contributed by atoms with Gasteiger partial charge in [-0.05, 0) is 29.8 Å². The fourth-order valence-corrected chi connectivity index (χ4v) is 3.66. The summed E-state index contributed by atoms with van der Waals surface area (Å²) in [6.45, 7) is -0.488. The highest BCUT2D eigenvalue weighted by molar-refractivity contribution is 7.89. The lowest BCUT2D eigenvalue weighted by Gasteiger charge is -2.18. The molecule has 0 radical (unpaired) electrons. The number of carbonyl (C=O) groups excluding carboxylic acids is 1. The summed E-state index contributed by atoms with van der Waals surface area (Å²) in [5.74, 6) is -1.28. The van der Waals surface area contributed by atoms with Crippen molar-refractivity contribution in [1.29, 1.82) is 0 Å². The fourth-order valence-electron chi connectivity index (χ4n) is 2.37. The van der Waals surface area contributed by atoms with Gasteiger partial charge in [-0.3, -0.25) is 4.79 Å². The molecule has 0 aliphatic heterocycles. The van der Waals surface area contributed by atoms with Crippen LogP contribution in [-0.4, -0.2) is 63.7 Å². The molecule has 30 heavy (non-hydrogen) atoms. The molecule has 2 rings (SSSR count). The largest absolute Gasteiger partial charge is 0.497 e. The number of hydrazone groups is 1. The van der Waals surface area contributed by atoms with Gasteiger partial charge in [-0.15, -0.1) is 0 Å². The molecule has 1 amide bonds. The van der Waals surface area contributed by atoms with Crippen LogP contribution in [0, 0.1) is 0 Å². The third kappa shape index (κ3) is 5.55. The monoisotopic (exact) mass is 435 g/mol. The van der Waals surface area contributed by atoms with Crippen molar-refractivity contribution in [1.82, 2.24) is 9.73 Å². The number of benzene rings is 2. The highest BCUT2D eigenvalue weighted by Crippen LogP contribution is 2.30. The molecule has 0 aromatic heterocycles. The van der Waals surface area contributed by atoms with Crippen LogP contribution in [0.3, 0.4) is 0 Å². The Hall–Kier alpha value is -3.44. The van der Waals surface area contributed by atoms with Gasteiger partial charge in [0.05, 0.1) is 32.5 Å². The second kappa shape index (κ2) is 9.85. The van der Waals surface area contributed by atoms with Crippen LogP contribution in [-0.2, 0) is 14.8 Å². The van der Waals surface area contributed by atoms with Crippen LogP contribution < -0.4 is 14.9 Å². The Morgan fingerprint density at radius 3 is 2.37 bits per heavy atom. The number of likely N-dealkylation sites (N-methyl/N-ethyl adjacent to an activating group) is 1. The Morgan fingerprint density at radius 1 is 1.13 bits per heavy atom. The van der Waals surface area contributed by atoms with Crippen LogP contribution in [0.1, 0.15) is 15.9 Å². The van der Waals surface area contributed by atoms with Crippen molar-refractivity contribution < 1.29 is 32.6 Å². The van der Waals surface area contributed by atoms with E-state index in [2.05, 4.69) is 10.5 Å². The van der Waals surface area contributed by atoms with E-state index in [1.54, 1.807) is 6.07 Å². The van der Waals surface area contributed by atoms with Gasteiger partial charge >= 0.3 is 5.97 Å². The summed E-state index contributed by atoms with van der Waals surface area (Å²) < 4.78 is 36.7. The minimum atomic E-state index is -4.04. The predicted octanol–water partition coefficient (Wildman–Crippen LogP) is 1.17. The van der Waals surface area contributed by atoms with Crippen LogP contribution in [0.5, 0.6) is 11.5 Å². The van der Waals surface area contributed by atoms with E-state index in [-0.39, 0.29) is 16.2 Å². The zero-order valence-electron chi connectivity index (χ0n) is 16.5. The molecule has 0 saturated carbocycles. The van der Waals surface area contributed by atoms with Crippen molar-refractivity contribution in [3.63, 3.8) is 0 Å². The van der Waals surface area contributed by atoms with Gasteiger partial charge in [-0.25, -0.2) is 18.6 Å². The maximum atomic E-state index is 12.8. The summed E-state index contributed by atoms with van der Waals surface area (Å²) in [5.41, 5.74) is 2.91. The number of carbonyl (C=O) groups is 2. The molecule has 2 aromatic rings. The zero-order chi connectivity index (χ0) is 22.3. The maximum Gasteiger partial charge on any atom is 0.335 e. The molecule has 0 aliphatic carbocycles. The molecule has 0 aliphatic rings. The van der Waals surface area contributed by atoms with Gasteiger partial charge < -0.3 is 14.6 Å². The van der Waals surface area contributed by atoms with Gasteiger partial charge in [0.2, 0.25) is 10.0 Å². The quantitative estimate of drug-likeness (QED) is 0.446. The van der Waals surface area contributed by atoms with Crippen molar-refractivity contribution in [3.05, 3.63) is 53.6 Å². The van der Waals surface area contributed by atoms with E-state index in [0.717, 1.165) is 4.31 Å². The summed E-state index contributed by atoms with van der Waals surface area (Å²) in [4.78, 5) is 22.8. The number of nitrogens with zero attached hydrogens (tertiary/aromatic N) is 2. The van der Waals surface area contributed by atoms with E-state index < -0.39 is 28.4 Å². The number of methoxy groups -OCH3 is 2. The molecule has 0 fully saturated rings. The summed E-state index contributed by atoms with van der Waals surface area (Å²) >= 11 is 0. The molecule has 10 nitrogen and oxygen atoms in total. The molecule has 11 heteroatoms. The van der Waals surface area contributed by atoms with Crippen molar-refractivity contribution in [2.24, 2.45) is 5.10 Å². The van der Waals surface area contributed by atoms with Crippen molar-refractivity contribution >= 4 is 28.1 Å². The van der Waals surface area contributed by atoms with E-state index in [4.69, 9.17) is 14.6 Å². The molecule has 160 valence electrons. The van der Waals surface area contributed by atoms with Crippen LogP contribution in [0.4, 0.5) is 0 Å². The molecule has 0 heterocycles. The maximum absolute atomic E-state index is 12.8. The fraction of sp³-hybridized carbons (Fsp3) is 0.211. The normalized spacial score (nSPS) is 11.5. The first-order chi connectivity index (χ1) is 14.2. The minimum Gasteiger partial charge on any atom is -0.497 e. The van der Waals surface area contributed by atoms with E-state index in [9.17, 15) is 18.0 Å².